The van der Waals surface area contributed by atoms with Crippen LogP contribution in [0, 0.1) is 5.41 Å². The maximum atomic E-state index is 11.6. The Morgan fingerprint density at radius 3 is 2.36 bits per heavy atom. The molecule has 4 N–H and O–H groups in total. The third-order valence-electron chi connectivity index (χ3n) is 2.83. The van der Waals surface area contributed by atoms with Crippen molar-refractivity contribution < 1.29 is 14.7 Å². The van der Waals surface area contributed by atoms with Crippen LogP contribution in [0.5, 0.6) is 0 Å². The fourth-order valence-corrected chi connectivity index (χ4v) is 1.92. The number of nitrogens with one attached hydrogen (secondary N) is 1. The fraction of sp³-hybridized carbons (Fsp3) is 0.778. The molecule has 0 aromatic rings. The van der Waals surface area contributed by atoms with Crippen molar-refractivity contribution in [2.45, 2.75) is 25.7 Å². The molecule has 0 aliphatic heterocycles. The minimum absolute atomic E-state index is 0.208. The van der Waals surface area contributed by atoms with E-state index in [0.29, 0.717) is 6.54 Å². The maximum absolute atomic E-state index is 11.6. The molecule has 0 saturated heterocycles. The molecule has 0 aromatic carbocycles. The van der Waals surface area contributed by atoms with E-state index in [9.17, 15) is 9.59 Å². The lowest BCUT2D eigenvalue weighted by Crippen LogP contribution is -2.45. The fourth-order valence-electron chi connectivity index (χ4n) is 1.92. The van der Waals surface area contributed by atoms with Gasteiger partial charge < -0.3 is 16.2 Å². The molecule has 0 atom stereocenters. The Morgan fingerprint density at radius 1 is 1.36 bits per heavy atom. The summed E-state index contributed by atoms with van der Waals surface area (Å²) >= 11 is 0. The summed E-state index contributed by atoms with van der Waals surface area (Å²) in [6.07, 6.45) is 3.54. The van der Waals surface area contributed by atoms with E-state index in [0.717, 1.165) is 25.7 Å². The van der Waals surface area contributed by atoms with Gasteiger partial charge in [-0.2, -0.15) is 0 Å². The normalized spacial score (nSPS) is 19.2. The number of nitrogens with two attached hydrogens (primary N) is 1. The van der Waals surface area contributed by atoms with Crippen molar-refractivity contribution in [1.29, 1.82) is 0 Å². The number of carbonyl (C=O) groups is 2. The smallest absolute Gasteiger partial charge is 0.322 e. The van der Waals surface area contributed by atoms with Gasteiger partial charge in [0.1, 0.15) is 6.54 Å². The molecule has 1 rings (SSSR count). The topological polar surface area (TPSA) is 92.4 Å². The van der Waals surface area contributed by atoms with Crippen LogP contribution >= 0.6 is 0 Å². The van der Waals surface area contributed by atoms with Crippen LogP contribution in [0.25, 0.3) is 0 Å². The largest absolute Gasteiger partial charge is 0.480 e. The number of carboxylic acids is 1. The lowest BCUT2D eigenvalue weighted by molar-refractivity contribution is -0.139. The molecule has 0 aromatic heterocycles. The molecule has 1 amide bonds. The SMILES string of the molecule is NCC1(C(=O)NCC(=O)O)CCCC1. The predicted octanol–water partition coefficient (Wildman–Crippen LogP) is -0.294. The quantitative estimate of drug-likeness (QED) is 0.581. The highest BCUT2D eigenvalue weighted by atomic mass is 16.4. The summed E-state index contributed by atoms with van der Waals surface area (Å²) in [5, 5.41) is 10.8. The molecule has 1 aliphatic carbocycles. The number of hydrogen-bond donors (Lipinski definition) is 3. The highest BCUT2D eigenvalue weighted by molar-refractivity contribution is 5.86. The van der Waals surface area contributed by atoms with E-state index in [1.54, 1.807) is 0 Å². The first-order chi connectivity index (χ1) is 6.60. The van der Waals surface area contributed by atoms with Gasteiger partial charge in [0.05, 0.1) is 5.41 Å². The van der Waals surface area contributed by atoms with Crippen LogP contribution in [-0.2, 0) is 9.59 Å². The summed E-state index contributed by atoms with van der Waals surface area (Å²) in [4.78, 5) is 21.9. The van der Waals surface area contributed by atoms with E-state index in [1.165, 1.54) is 0 Å². The summed E-state index contributed by atoms with van der Waals surface area (Å²) < 4.78 is 0. The van der Waals surface area contributed by atoms with Crippen LogP contribution in [0.2, 0.25) is 0 Å². The Balaban J connectivity index is 2.52. The summed E-state index contributed by atoms with van der Waals surface area (Å²) in [5.74, 6) is -1.23. The first kappa shape index (κ1) is 11.0. The van der Waals surface area contributed by atoms with E-state index in [-0.39, 0.29) is 12.5 Å². The van der Waals surface area contributed by atoms with Crippen LogP contribution in [0.4, 0.5) is 0 Å². The van der Waals surface area contributed by atoms with Crippen LogP contribution in [0.15, 0.2) is 0 Å². The van der Waals surface area contributed by atoms with Crippen LogP contribution in [0.1, 0.15) is 25.7 Å². The van der Waals surface area contributed by atoms with E-state index in [2.05, 4.69) is 5.32 Å². The number of rotatable bonds is 4. The van der Waals surface area contributed by atoms with E-state index in [4.69, 9.17) is 10.8 Å². The second-order valence-electron chi connectivity index (χ2n) is 3.77. The summed E-state index contributed by atoms with van der Waals surface area (Å²) in [7, 11) is 0. The molecule has 5 nitrogen and oxygen atoms in total. The zero-order valence-electron chi connectivity index (χ0n) is 8.08. The lowest BCUT2D eigenvalue weighted by Gasteiger charge is -2.25. The number of amides is 1. The molecule has 1 fully saturated rings. The Hall–Kier alpha value is -1.10. The first-order valence-electron chi connectivity index (χ1n) is 4.81. The zero-order valence-corrected chi connectivity index (χ0v) is 8.08. The Bertz CT molecular complexity index is 234. The van der Waals surface area contributed by atoms with Gasteiger partial charge in [-0.3, -0.25) is 9.59 Å². The molecule has 80 valence electrons. The van der Waals surface area contributed by atoms with Gasteiger partial charge in [0.2, 0.25) is 5.91 Å². The van der Waals surface area contributed by atoms with E-state index < -0.39 is 11.4 Å². The highest BCUT2D eigenvalue weighted by Gasteiger charge is 2.39. The Kier molecular flexibility index (Phi) is 3.46. The van der Waals surface area contributed by atoms with Gasteiger partial charge in [0.15, 0.2) is 0 Å². The second-order valence-corrected chi connectivity index (χ2v) is 3.77. The van der Waals surface area contributed by atoms with Gasteiger partial charge in [-0.25, -0.2) is 0 Å². The van der Waals surface area contributed by atoms with Crippen molar-refractivity contribution in [1.82, 2.24) is 5.32 Å². The summed E-state index contributed by atoms with van der Waals surface area (Å²) in [6.45, 7) is -0.0148. The molecule has 0 heterocycles. The summed E-state index contributed by atoms with van der Waals surface area (Å²) in [5.41, 5.74) is 5.06. The van der Waals surface area contributed by atoms with Crippen molar-refractivity contribution in [3.63, 3.8) is 0 Å². The molecule has 0 spiro atoms. The van der Waals surface area contributed by atoms with Crippen molar-refractivity contribution in [3.05, 3.63) is 0 Å². The number of aliphatic carboxylic acids is 1. The van der Waals surface area contributed by atoms with Crippen LogP contribution in [-0.4, -0.2) is 30.1 Å². The number of carbonyl (C=O) groups excluding carboxylic acids is 1. The Morgan fingerprint density at radius 2 is 1.93 bits per heavy atom. The summed E-state index contributed by atoms with van der Waals surface area (Å²) in [6, 6.07) is 0. The van der Waals surface area contributed by atoms with Crippen molar-refractivity contribution in [2.75, 3.05) is 13.1 Å². The molecule has 5 heteroatoms. The van der Waals surface area contributed by atoms with Gasteiger partial charge >= 0.3 is 5.97 Å². The molecule has 0 unspecified atom stereocenters. The Labute approximate surface area is 82.7 Å². The predicted molar refractivity (Wildman–Crippen MR) is 50.6 cm³/mol. The highest BCUT2D eigenvalue weighted by Crippen LogP contribution is 2.37. The molecular formula is C9H16N2O3. The minimum Gasteiger partial charge on any atom is -0.480 e. The van der Waals surface area contributed by atoms with Crippen LogP contribution < -0.4 is 11.1 Å². The van der Waals surface area contributed by atoms with Crippen LogP contribution in [0.3, 0.4) is 0 Å². The van der Waals surface area contributed by atoms with Gasteiger partial charge in [0.25, 0.3) is 0 Å². The van der Waals surface area contributed by atoms with Crippen molar-refractivity contribution in [3.8, 4) is 0 Å². The number of carboxylic acid groups (broad SMARTS) is 1. The van der Waals surface area contributed by atoms with Gasteiger partial charge in [-0.1, -0.05) is 12.8 Å². The average Bonchev–Trinajstić information content (AvgIpc) is 2.63. The molecule has 0 bridgehead atoms. The minimum atomic E-state index is -1.02. The van der Waals surface area contributed by atoms with Crippen molar-refractivity contribution >= 4 is 11.9 Å². The van der Waals surface area contributed by atoms with Gasteiger partial charge in [-0.05, 0) is 12.8 Å². The molecule has 1 aliphatic rings. The molecule has 14 heavy (non-hydrogen) atoms. The van der Waals surface area contributed by atoms with Crippen molar-refractivity contribution in [2.24, 2.45) is 11.1 Å². The monoisotopic (exact) mass is 200 g/mol. The maximum Gasteiger partial charge on any atom is 0.322 e. The molecule has 1 saturated carbocycles. The first-order valence-corrected chi connectivity index (χ1v) is 4.81. The third kappa shape index (κ3) is 2.23. The molecule has 0 radical (unpaired) electrons. The third-order valence-corrected chi connectivity index (χ3v) is 2.83. The average molecular weight is 200 g/mol. The number of hydrogen-bond acceptors (Lipinski definition) is 3. The van der Waals surface area contributed by atoms with Gasteiger partial charge in [0, 0.05) is 6.54 Å². The van der Waals surface area contributed by atoms with E-state index >= 15 is 0 Å². The standard InChI is InChI=1S/C9H16N2O3/c10-6-9(3-1-2-4-9)8(14)11-5-7(12)13/h1-6,10H2,(H,11,14)(H,12,13). The zero-order chi connectivity index (χ0) is 10.6. The lowest BCUT2D eigenvalue weighted by atomic mass is 9.85. The van der Waals surface area contributed by atoms with E-state index in [1.807, 2.05) is 0 Å². The van der Waals surface area contributed by atoms with Gasteiger partial charge in [-0.15, -0.1) is 0 Å². The second kappa shape index (κ2) is 4.41. The molecular weight excluding hydrogens is 184 g/mol.